The summed E-state index contributed by atoms with van der Waals surface area (Å²) in [5.41, 5.74) is 3.69. The van der Waals surface area contributed by atoms with Gasteiger partial charge in [-0.1, -0.05) is 42.1 Å². The zero-order chi connectivity index (χ0) is 20.9. The van der Waals surface area contributed by atoms with Gasteiger partial charge in [0.15, 0.2) is 5.16 Å². The predicted octanol–water partition coefficient (Wildman–Crippen LogP) is 4.05. The molecule has 4 aromatic rings. The van der Waals surface area contributed by atoms with Crippen LogP contribution in [0.5, 0.6) is 5.75 Å². The Morgan fingerprint density at radius 2 is 1.83 bits per heavy atom. The third kappa shape index (κ3) is 4.77. The molecule has 30 heavy (non-hydrogen) atoms. The van der Waals surface area contributed by atoms with Crippen molar-refractivity contribution in [1.29, 1.82) is 0 Å². The van der Waals surface area contributed by atoms with Gasteiger partial charge in [-0.25, -0.2) is 4.98 Å². The molecule has 0 radical (unpaired) electrons. The number of fused-ring (bicyclic) bond motifs is 1. The summed E-state index contributed by atoms with van der Waals surface area (Å²) >= 11 is 1.33. The summed E-state index contributed by atoms with van der Waals surface area (Å²) in [5, 5.41) is 11.8. The maximum absolute atomic E-state index is 12.3. The van der Waals surface area contributed by atoms with Gasteiger partial charge < -0.3 is 10.1 Å². The lowest BCUT2D eigenvalue weighted by Crippen LogP contribution is -2.14. The van der Waals surface area contributed by atoms with Crippen molar-refractivity contribution in [2.75, 3.05) is 11.1 Å². The average Bonchev–Trinajstić information content (AvgIpc) is 3.15. The Balaban J connectivity index is 1.31. The molecule has 1 amide bonds. The zero-order valence-electron chi connectivity index (χ0n) is 16.7. The fourth-order valence-corrected chi connectivity index (χ4v) is 3.78. The van der Waals surface area contributed by atoms with Gasteiger partial charge in [-0.2, -0.15) is 0 Å². The van der Waals surface area contributed by atoms with Crippen LogP contribution in [0.4, 0.5) is 5.69 Å². The Morgan fingerprint density at radius 3 is 2.60 bits per heavy atom. The van der Waals surface area contributed by atoms with Gasteiger partial charge in [0.1, 0.15) is 12.4 Å². The SMILES string of the molecule is Cc1cc(C)n2c(SCC(=O)Nc3ccc(OCc4ccccc4)cc3)nnc2n1. The quantitative estimate of drug-likeness (QED) is 0.455. The van der Waals surface area contributed by atoms with E-state index in [9.17, 15) is 4.79 Å². The third-order valence-corrected chi connectivity index (χ3v) is 5.31. The molecule has 0 aliphatic carbocycles. The van der Waals surface area contributed by atoms with Crippen molar-refractivity contribution in [3.8, 4) is 5.75 Å². The van der Waals surface area contributed by atoms with Crippen LogP contribution in [-0.4, -0.2) is 31.2 Å². The first-order valence-corrected chi connectivity index (χ1v) is 10.5. The van der Waals surface area contributed by atoms with E-state index in [-0.39, 0.29) is 11.7 Å². The normalized spacial score (nSPS) is 10.9. The molecule has 0 aliphatic heterocycles. The number of nitrogens with one attached hydrogen (secondary N) is 1. The summed E-state index contributed by atoms with van der Waals surface area (Å²) in [7, 11) is 0. The number of amides is 1. The number of benzene rings is 2. The molecular weight excluding hydrogens is 398 g/mol. The first-order valence-electron chi connectivity index (χ1n) is 9.47. The highest BCUT2D eigenvalue weighted by Gasteiger charge is 2.12. The van der Waals surface area contributed by atoms with Crippen LogP contribution in [0.2, 0.25) is 0 Å². The second-order valence-electron chi connectivity index (χ2n) is 6.79. The van der Waals surface area contributed by atoms with Crippen LogP contribution in [0.25, 0.3) is 5.78 Å². The maximum Gasteiger partial charge on any atom is 0.256 e. The summed E-state index contributed by atoms with van der Waals surface area (Å²) < 4.78 is 7.62. The van der Waals surface area contributed by atoms with Crippen LogP contribution >= 0.6 is 11.8 Å². The Hall–Kier alpha value is -3.39. The van der Waals surface area contributed by atoms with Crippen molar-refractivity contribution < 1.29 is 9.53 Å². The van der Waals surface area contributed by atoms with Gasteiger partial charge in [0.25, 0.3) is 5.78 Å². The molecule has 7 nitrogen and oxygen atoms in total. The second-order valence-corrected chi connectivity index (χ2v) is 7.73. The number of hydrogen-bond donors (Lipinski definition) is 1. The molecule has 8 heteroatoms. The van der Waals surface area contributed by atoms with Gasteiger partial charge in [-0.15, -0.1) is 10.2 Å². The van der Waals surface area contributed by atoms with Gasteiger partial charge in [-0.05, 0) is 49.7 Å². The Kier molecular flexibility index (Phi) is 5.94. The number of anilines is 1. The number of aromatic nitrogens is 4. The van der Waals surface area contributed by atoms with Crippen molar-refractivity contribution in [1.82, 2.24) is 19.6 Å². The second kappa shape index (κ2) is 8.96. The van der Waals surface area contributed by atoms with Crippen molar-refractivity contribution in [3.05, 3.63) is 77.6 Å². The molecule has 0 saturated heterocycles. The van der Waals surface area contributed by atoms with Crippen LogP contribution < -0.4 is 10.1 Å². The molecule has 0 bridgehead atoms. The highest BCUT2D eigenvalue weighted by molar-refractivity contribution is 7.99. The topological polar surface area (TPSA) is 81.4 Å². The molecular formula is C22H21N5O2S. The molecule has 2 aromatic carbocycles. The summed E-state index contributed by atoms with van der Waals surface area (Å²) in [6.07, 6.45) is 0. The van der Waals surface area contributed by atoms with Crippen LogP contribution in [0.1, 0.15) is 17.0 Å². The highest BCUT2D eigenvalue weighted by Crippen LogP contribution is 2.20. The maximum atomic E-state index is 12.3. The summed E-state index contributed by atoms with van der Waals surface area (Å²) in [6.45, 7) is 4.39. The van der Waals surface area contributed by atoms with E-state index >= 15 is 0 Å². The fourth-order valence-electron chi connectivity index (χ4n) is 3.00. The molecule has 0 saturated carbocycles. The summed E-state index contributed by atoms with van der Waals surface area (Å²) in [4.78, 5) is 16.7. The molecule has 1 N–H and O–H groups in total. The summed E-state index contributed by atoms with van der Waals surface area (Å²) in [6, 6.07) is 19.3. The first-order chi connectivity index (χ1) is 14.6. The number of thioether (sulfide) groups is 1. The minimum absolute atomic E-state index is 0.118. The number of nitrogens with zero attached hydrogens (tertiary/aromatic N) is 4. The minimum Gasteiger partial charge on any atom is -0.489 e. The molecule has 4 rings (SSSR count). The van der Waals surface area contributed by atoms with Gasteiger partial charge in [-0.3, -0.25) is 9.20 Å². The van der Waals surface area contributed by atoms with E-state index in [1.165, 1.54) is 11.8 Å². The van der Waals surface area contributed by atoms with Gasteiger partial charge in [0.05, 0.1) is 5.75 Å². The number of carbonyl (C=O) groups is 1. The van der Waals surface area contributed by atoms with E-state index in [2.05, 4.69) is 20.5 Å². The van der Waals surface area contributed by atoms with Gasteiger partial charge in [0, 0.05) is 17.1 Å². The molecule has 2 heterocycles. The lowest BCUT2D eigenvalue weighted by atomic mass is 10.2. The van der Waals surface area contributed by atoms with Crippen molar-refractivity contribution in [2.45, 2.75) is 25.6 Å². The standard InChI is InChI=1S/C22H21N5O2S/c1-15-12-16(2)27-21(23-15)25-26-22(27)30-14-20(28)24-18-8-10-19(11-9-18)29-13-17-6-4-3-5-7-17/h3-12H,13-14H2,1-2H3,(H,24,28). The van der Waals surface area contributed by atoms with Crippen molar-refractivity contribution in [2.24, 2.45) is 0 Å². The molecule has 152 valence electrons. The van der Waals surface area contributed by atoms with E-state index in [0.717, 1.165) is 22.7 Å². The van der Waals surface area contributed by atoms with Crippen LogP contribution in [0, 0.1) is 13.8 Å². The Morgan fingerprint density at radius 1 is 1.07 bits per heavy atom. The highest BCUT2D eigenvalue weighted by atomic mass is 32.2. The number of hydrogen-bond acceptors (Lipinski definition) is 6. The van der Waals surface area contributed by atoms with Gasteiger partial charge in [0.2, 0.25) is 5.91 Å². The zero-order valence-corrected chi connectivity index (χ0v) is 17.5. The van der Waals surface area contributed by atoms with Crippen LogP contribution in [0.3, 0.4) is 0 Å². The smallest absolute Gasteiger partial charge is 0.256 e. The Bertz CT molecular complexity index is 1160. The average molecular weight is 420 g/mol. The first kappa shape index (κ1) is 19.9. The fraction of sp³-hybridized carbons (Fsp3) is 0.182. The van der Waals surface area contributed by atoms with E-state index in [1.54, 1.807) is 0 Å². The van der Waals surface area contributed by atoms with Crippen molar-refractivity contribution in [3.63, 3.8) is 0 Å². The van der Waals surface area contributed by atoms with Gasteiger partial charge >= 0.3 is 0 Å². The van der Waals surface area contributed by atoms with Crippen LogP contribution in [0.15, 0.2) is 65.8 Å². The number of ether oxygens (including phenoxy) is 1. The molecule has 0 spiro atoms. The van der Waals surface area contributed by atoms with E-state index < -0.39 is 0 Å². The van der Waals surface area contributed by atoms with E-state index in [0.29, 0.717) is 23.2 Å². The molecule has 2 aromatic heterocycles. The summed E-state index contributed by atoms with van der Waals surface area (Å²) in [5.74, 6) is 1.40. The van der Waals surface area contributed by atoms with E-state index in [1.807, 2.05) is 78.9 Å². The largest absolute Gasteiger partial charge is 0.489 e. The number of carbonyl (C=O) groups excluding carboxylic acids is 1. The monoisotopic (exact) mass is 419 g/mol. The molecule has 0 atom stereocenters. The lowest BCUT2D eigenvalue weighted by molar-refractivity contribution is -0.113. The number of rotatable bonds is 7. The minimum atomic E-state index is -0.118. The lowest BCUT2D eigenvalue weighted by Gasteiger charge is -2.08. The van der Waals surface area contributed by atoms with Crippen LogP contribution in [-0.2, 0) is 11.4 Å². The Labute approximate surface area is 178 Å². The molecule has 0 aliphatic rings. The van der Waals surface area contributed by atoms with Crippen molar-refractivity contribution >= 4 is 29.1 Å². The molecule has 0 unspecified atom stereocenters. The third-order valence-electron chi connectivity index (χ3n) is 4.38. The molecule has 0 fully saturated rings. The number of aryl methyl sites for hydroxylation is 2. The predicted molar refractivity (Wildman–Crippen MR) is 117 cm³/mol. The van der Waals surface area contributed by atoms with E-state index in [4.69, 9.17) is 4.74 Å².